The molecule has 0 bridgehead atoms. The van der Waals surface area contributed by atoms with Crippen molar-refractivity contribution in [2.24, 2.45) is 0 Å². The molecule has 29 heavy (non-hydrogen) atoms. The van der Waals surface area contributed by atoms with E-state index in [-0.39, 0.29) is 28.7 Å². The number of aliphatic hydroxyl groups is 2. The second-order valence-electron chi connectivity index (χ2n) is 6.34. The summed E-state index contributed by atoms with van der Waals surface area (Å²) in [6, 6.07) is 11.8. The zero-order chi connectivity index (χ0) is 19.9. The van der Waals surface area contributed by atoms with Crippen LogP contribution in [0.3, 0.4) is 0 Å². The Hall–Kier alpha value is -1.26. The molecule has 2 unspecified atom stereocenters. The molecule has 0 spiro atoms. The van der Waals surface area contributed by atoms with E-state index in [4.69, 9.17) is 0 Å². The topological polar surface area (TPSA) is 40.5 Å². The first kappa shape index (κ1) is 24.0. The summed E-state index contributed by atoms with van der Waals surface area (Å²) < 4.78 is 25.2. The first-order chi connectivity index (χ1) is 13.5. The molecule has 2 fully saturated rings. The van der Waals surface area contributed by atoms with Crippen LogP contribution in [0.2, 0.25) is 0 Å². The second-order valence-corrected chi connectivity index (χ2v) is 6.34. The Balaban J connectivity index is 0.000000200. The molecule has 2 aliphatic carbocycles. The molecule has 0 heterocycles. The van der Waals surface area contributed by atoms with Crippen LogP contribution in [0.5, 0.6) is 0 Å². The third-order valence-electron chi connectivity index (χ3n) is 4.38. The molecule has 0 saturated heterocycles. The van der Waals surface area contributed by atoms with E-state index < -0.39 is 12.2 Å². The molecule has 2 aromatic rings. The fraction of sp³-hybridized carbons (Fsp3) is 0.0833. The van der Waals surface area contributed by atoms with E-state index in [1.165, 1.54) is 24.3 Å². The SMILES string of the molecule is OC([C]1[CH][CH][CH][CH]1)c1ccc(F)cc1.OC([C]1[CH][CH][CH][CH]1)c1ccc(F)cc1.[Fe+2]. The standard InChI is InChI=1S/2C12H10FO.Fe/c2*13-11-7-5-10(6-8-11)12(14)9-3-1-2-4-9;/h2*1-8,12,14H;/q;;+2. The van der Waals surface area contributed by atoms with Crippen LogP contribution < -0.4 is 0 Å². The van der Waals surface area contributed by atoms with Crippen LogP contribution in [-0.2, 0) is 17.1 Å². The molecule has 2 nitrogen and oxygen atoms in total. The van der Waals surface area contributed by atoms with E-state index in [1.54, 1.807) is 24.3 Å². The average molecular weight is 434 g/mol. The minimum atomic E-state index is -0.661. The maximum atomic E-state index is 12.6. The van der Waals surface area contributed by atoms with Gasteiger partial charge in [-0.05, 0) is 86.8 Å². The number of halogens is 2. The van der Waals surface area contributed by atoms with Gasteiger partial charge in [-0.25, -0.2) is 8.78 Å². The van der Waals surface area contributed by atoms with Gasteiger partial charge in [-0.15, -0.1) is 0 Å². The van der Waals surface area contributed by atoms with Crippen LogP contribution in [0.25, 0.3) is 0 Å². The molecule has 0 aliphatic heterocycles. The van der Waals surface area contributed by atoms with E-state index in [9.17, 15) is 19.0 Å². The third kappa shape index (κ3) is 6.89. The molecule has 2 N–H and O–H groups in total. The molecule has 5 heteroatoms. The van der Waals surface area contributed by atoms with Crippen LogP contribution in [0.1, 0.15) is 23.3 Å². The molecular formula is C24H20F2FeO2+2. The summed E-state index contributed by atoms with van der Waals surface area (Å²) in [6.45, 7) is 0. The quantitative estimate of drug-likeness (QED) is 0.695. The van der Waals surface area contributed by atoms with Crippen molar-refractivity contribution in [3.63, 3.8) is 0 Å². The smallest absolute Gasteiger partial charge is 0.388 e. The Bertz CT molecular complexity index is 645. The van der Waals surface area contributed by atoms with Gasteiger partial charge in [0.15, 0.2) is 0 Å². The van der Waals surface area contributed by atoms with Crippen LogP contribution >= 0.6 is 0 Å². The summed E-state index contributed by atoms with van der Waals surface area (Å²) in [5.41, 5.74) is 1.41. The van der Waals surface area contributed by atoms with Gasteiger partial charge in [-0.2, -0.15) is 0 Å². The van der Waals surface area contributed by atoms with Crippen molar-refractivity contribution < 1.29 is 36.1 Å². The summed E-state index contributed by atoms with van der Waals surface area (Å²) in [7, 11) is 0. The molecule has 2 aromatic carbocycles. The van der Waals surface area contributed by atoms with Crippen molar-refractivity contribution in [1.29, 1.82) is 0 Å². The number of hydrogen-bond donors (Lipinski definition) is 2. The van der Waals surface area contributed by atoms with E-state index in [0.717, 1.165) is 11.8 Å². The number of aliphatic hydroxyl groups excluding tert-OH is 2. The van der Waals surface area contributed by atoms with Crippen LogP contribution in [0.4, 0.5) is 8.78 Å². The van der Waals surface area contributed by atoms with Gasteiger partial charge in [0.05, 0.1) is 12.2 Å². The fourth-order valence-electron chi connectivity index (χ4n) is 2.82. The Morgan fingerprint density at radius 2 is 0.793 bits per heavy atom. The van der Waals surface area contributed by atoms with Crippen molar-refractivity contribution in [2.45, 2.75) is 12.2 Å². The van der Waals surface area contributed by atoms with Crippen LogP contribution in [-0.4, -0.2) is 10.2 Å². The fourth-order valence-corrected chi connectivity index (χ4v) is 2.82. The van der Waals surface area contributed by atoms with E-state index in [1.807, 2.05) is 51.4 Å². The summed E-state index contributed by atoms with van der Waals surface area (Å²) in [5.74, 6) is 1.08. The summed E-state index contributed by atoms with van der Waals surface area (Å²) in [6.07, 6.45) is 13.5. The Labute approximate surface area is 182 Å². The predicted molar refractivity (Wildman–Crippen MR) is 104 cm³/mol. The second kappa shape index (κ2) is 11.8. The first-order valence-electron chi connectivity index (χ1n) is 8.85. The molecule has 0 aromatic heterocycles. The molecule has 4 rings (SSSR count). The zero-order valence-electron chi connectivity index (χ0n) is 15.4. The maximum absolute atomic E-state index is 12.6. The maximum Gasteiger partial charge on any atom is 2.00 e. The van der Waals surface area contributed by atoms with Crippen molar-refractivity contribution >= 4 is 0 Å². The summed E-state index contributed by atoms with van der Waals surface area (Å²) in [5, 5.41) is 19.7. The number of hydrogen-bond acceptors (Lipinski definition) is 2. The minimum Gasteiger partial charge on any atom is -0.388 e. The van der Waals surface area contributed by atoms with Crippen LogP contribution in [0.15, 0.2) is 48.5 Å². The zero-order valence-corrected chi connectivity index (χ0v) is 16.5. The Kier molecular flexibility index (Phi) is 9.77. The predicted octanol–water partition coefficient (Wildman–Crippen LogP) is 4.53. The Morgan fingerprint density at radius 3 is 1.07 bits per heavy atom. The van der Waals surface area contributed by atoms with Gasteiger partial charge >= 0.3 is 17.1 Å². The largest absolute Gasteiger partial charge is 2.00 e. The molecule has 2 saturated carbocycles. The van der Waals surface area contributed by atoms with Crippen molar-refractivity contribution in [3.8, 4) is 0 Å². The van der Waals surface area contributed by atoms with Gasteiger partial charge in [-0.1, -0.05) is 24.3 Å². The monoisotopic (exact) mass is 434 g/mol. The van der Waals surface area contributed by atoms with E-state index in [2.05, 4.69) is 0 Å². The van der Waals surface area contributed by atoms with Gasteiger partial charge < -0.3 is 10.2 Å². The molecule has 10 radical (unpaired) electrons. The first-order valence-corrected chi connectivity index (χ1v) is 8.85. The number of benzene rings is 2. The molecule has 2 aliphatic rings. The van der Waals surface area contributed by atoms with Gasteiger partial charge in [0.1, 0.15) is 11.6 Å². The molecule has 148 valence electrons. The average Bonchev–Trinajstić information content (AvgIpc) is 3.43. The van der Waals surface area contributed by atoms with Crippen LogP contribution in [0, 0.1) is 74.8 Å². The van der Waals surface area contributed by atoms with E-state index >= 15 is 0 Å². The van der Waals surface area contributed by atoms with Gasteiger partial charge in [0.2, 0.25) is 0 Å². The summed E-state index contributed by atoms with van der Waals surface area (Å²) in [4.78, 5) is 0. The van der Waals surface area contributed by atoms with Gasteiger partial charge in [0.25, 0.3) is 0 Å². The molecule has 0 amide bonds. The van der Waals surface area contributed by atoms with Gasteiger partial charge in [-0.3, -0.25) is 0 Å². The van der Waals surface area contributed by atoms with Crippen molar-refractivity contribution in [2.75, 3.05) is 0 Å². The Morgan fingerprint density at radius 1 is 0.517 bits per heavy atom. The molecular weight excluding hydrogens is 414 g/mol. The van der Waals surface area contributed by atoms with Gasteiger partial charge in [0, 0.05) is 11.8 Å². The van der Waals surface area contributed by atoms with Crippen molar-refractivity contribution in [3.05, 3.63) is 134 Å². The molecule has 2 atom stereocenters. The van der Waals surface area contributed by atoms with Crippen molar-refractivity contribution in [1.82, 2.24) is 0 Å². The minimum absolute atomic E-state index is 0. The van der Waals surface area contributed by atoms with E-state index in [0.29, 0.717) is 11.1 Å². The summed E-state index contributed by atoms with van der Waals surface area (Å²) >= 11 is 0. The normalized spacial score (nSPS) is 19.2. The number of rotatable bonds is 4. The third-order valence-corrected chi connectivity index (χ3v) is 4.38.